The Hall–Kier alpha value is -0.890. The van der Waals surface area contributed by atoms with Crippen LogP contribution in [-0.2, 0) is 0 Å². The first-order valence-corrected chi connectivity index (χ1v) is 2.78. The first kappa shape index (κ1) is 8.11. The van der Waals surface area contributed by atoms with Crippen LogP contribution in [0, 0.1) is 0 Å². The van der Waals surface area contributed by atoms with E-state index in [0.29, 0.717) is 6.54 Å². The molecule has 0 unspecified atom stereocenters. The highest BCUT2D eigenvalue weighted by atomic mass is 14.6. The van der Waals surface area contributed by atoms with Gasteiger partial charge in [0, 0.05) is 19.8 Å². The van der Waals surface area contributed by atoms with Gasteiger partial charge in [-0.2, -0.15) is 0 Å². The fraction of sp³-hybridized carbons (Fsp3) is 0.286. The van der Waals surface area contributed by atoms with Crippen LogP contribution in [0.15, 0.2) is 29.3 Å². The Bertz CT molecular complexity index is 134. The van der Waals surface area contributed by atoms with E-state index in [1.54, 1.807) is 13.3 Å². The molecule has 0 aromatic carbocycles. The predicted molar refractivity (Wildman–Crippen MR) is 41.8 cm³/mol. The van der Waals surface area contributed by atoms with Crippen LogP contribution in [0.5, 0.6) is 0 Å². The summed E-state index contributed by atoms with van der Waals surface area (Å²) in [5, 5.41) is 0. The van der Waals surface area contributed by atoms with Crippen LogP contribution in [0.1, 0.15) is 0 Å². The average Bonchev–Trinajstić information content (AvgIpc) is 1.89. The molecular weight excluding hydrogens is 112 g/mol. The maximum atomic E-state index is 5.26. The molecule has 0 atom stereocenters. The van der Waals surface area contributed by atoms with Crippen molar-refractivity contribution in [2.45, 2.75) is 0 Å². The largest absolute Gasteiger partial charge is 0.327 e. The summed E-state index contributed by atoms with van der Waals surface area (Å²) in [5.41, 5.74) is 6.17. The number of allylic oxidation sites excluding steroid dienone is 1. The zero-order chi connectivity index (χ0) is 7.11. The summed E-state index contributed by atoms with van der Waals surface area (Å²) in [4.78, 5) is 3.75. The molecule has 0 spiro atoms. The van der Waals surface area contributed by atoms with E-state index in [9.17, 15) is 0 Å². The second kappa shape index (κ2) is 5.25. The van der Waals surface area contributed by atoms with E-state index in [1.807, 2.05) is 12.2 Å². The zero-order valence-corrected chi connectivity index (χ0v) is 5.67. The maximum Gasteiger partial charge on any atom is 0.0277 e. The van der Waals surface area contributed by atoms with E-state index in [-0.39, 0.29) is 0 Å². The van der Waals surface area contributed by atoms with Gasteiger partial charge in [-0.25, -0.2) is 0 Å². The molecule has 0 heterocycles. The van der Waals surface area contributed by atoms with Gasteiger partial charge in [0.05, 0.1) is 0 Å². The van der Waals surface area contributed by atoms with E-state index < -0.39 is 0 Å². The molecule has 0 aliphatic rings. The molecule has 2 N–H and O–H groups in total. The summed E-state index contributed by atoms with van der Waals surface area (Å²) in [6.07, 6.45) is 5.35. The fourth-order valence-corrected chi connectivity index (χ4v) is 0.333. The molecule has 0 saturated heterocycles. The number of rotatable bonds is 3. The van der Waals surface area contributed by atoms with Crippen molar-refractivity contribution in [1.82, 2.24) is 0 Å². The van der Waals surface area contributed by atoms with Crippen LogP contribution in [0.3, 0.4) is 0 Å². The Morgan fingerprint density at radius 2 is 2.44 bits per heavy atom. The monoisotopic (exact) mass is 124 g/mol. The minimum atomic E-state index is 0.508. The van der Waals surface area contributed by atoms with Gasteiger partial charge in [0.1, 0.15) is 0 Å². The van der Waals surface area contributed by atoms with Gasteiger partial charge in [-0.1, -0.05) is 12.7 Å². The topological polar surface area (TPSA) is 38.4 Å². The highest BCUT2D eigenvalue weighted by Gasteiger charge is 1.76. The molecule has 9 heavy (non-hydrogen) atoms. The van der Waals surface area contributed by atoms with Gasteiger partial charge in [0.2, 0.25) is 0 Å². The van der Waals surface area contributed by atoms with Crippen molar-refractivity contribution in [2.75, 3.05) is 13.6 Å². The second-order valence-corrected chi connectivity index (χ2v) is 1.63. The van der Waals surface area contributed by atoms with Crippen molar-refractivity contribution < 1.29 is 0 Å². The SMILES string of the molecule is C=C(/C=C\C=N\C)CN. The van der Waals surface area contributed by atoms with Gasteiger partial charge in [-0.3, -0.25) is 4.99 Å². The summed E-state index contributed by atoms with van der Waals surface area (Å²) >= 11 is 0. The molecule has 0 amide bonds. The molecule has 0 saturated carbocycles. The number of hydrogen-bond acceptors (Lipinski definition) is 2. The third-order valence-electron chi connectivity index (χ3n) is 0.829. The number of hydrogen-bond donors (Lipinski definition) is 1. The van der Waals surface area contributed by atoms with E-state index in [4.69, 9.17) is 5.73 Å². The highest BCUT2D eigenvalue weighted by Crippen LogP contribution is 1.85. The highest BCUT2D eigenvalue weighted by molar-refractivity contribution is 5.71. The predicted octanol–water partition coefficient (Wildman–Crippen LogP) is 0.758. The standard InChI is InChI=1S/C7H12N2/c1-7(6-8)4-3-5-9-2/h3-5H,1,6,8H2,2H3/b4-3-,9-5+. The van der Waals surface area contributed by atoms with Crippen molar-refractivity contribution in [3.63, 3.8) is 0 Å². The van der Waals surface area contributed by atoms with Crippen molar-refractivity contribution in [2.24, 2.45) is 10.7 Å². The van der Waals surface area contributed by atoms with Crippen molar-refractivity contribution in [3.8, 4) is 0 Å². The molecule has 50 valence electrons. The maximum absolute atomic E-state index is 5.26. The molecule has 2 heteroatoms. The fourth-order valence-electron chi connectivity index (χ4n) is 0.333. The quantitative estimate of drug-likeness (QED) is 0.437. The lowest BCUT2D eigenvalue weighted by atomic mass is 10.3. The van der Waals surface area contributed by atoms with Gasteiger partial charge in [-0.05, 0) is 11.6 Å². The van der Waals surface area contributed by atoms with Gasteiger partial charge in [-0.15, -0.1) is 0 Å². The molecule has 0 bridgehead atoms. The van der Waals surface area contributed by atoms with Gasteiger partial charge >= 0.3 is 0 Å². The van der Waals surface area contributed by atoms with Gasteiger partial charge < -0.3 is 5.73 Å². The molecule has 0 radical (unpaired) electrons. The minimum Gasteiger partial charge on any atom is -0.327 e. The summed E-state index contributed by atoms with van der Waals surface area (Å²) in [5.74, 6) is 0. The summed E-state index contributed by atoms with van der Waals surface area (Å²) in [6, 6.07) is 0. The van der Waals surface area contributed by atoms with Crippen LogP contribution in [0.2, 0.25) is 0 Å². The average molecular weight is 124 g/mol. The van der Waals surface area contributed by atoms with E-state index in [2.05, 4.69) is 11.6 Å². The summed E-state index contributed by atoms with van der Waals surface area (Å²) < 4.78 is 0. The van der Waals surface area contributed by atoms with Crippen LogP contribution >= 0.6 is 0 Å². The summed E-state index contributed by atoms with van der Waals surface area (Å²) in [6.45, 7) is 4.18. The molecule has 0 aromatic heterocycles. The normalized spacial score (nSPS) is 11.3. The lowest BCUT2D eigenvalue weighted by molar-refractivity contribution is 1.20. The van der Waals surface area contributed by atoms with Crippen LogP contribution in [0.25, 0.3) is 0 Å². The van der Waals surface area contributed by atoms with E-state index in [1.165, 1.54) is 0 Å². The zero-order valence-electron chi connectivity index (χ0n) is 5.67. The Morgan fingerprint density at radius 3 is 2.89 bits per heavy atom. The third-order valence-corrected chi connectivity index (χ3v) is 0.829. The number of nitrogens with two attached hydrogens (primary N) is 1. The molecule has 0 fully saturated rings. The van der Waals surface area contributed by atoms with Crippen LogP contribution in [0.4, 0.5) is 0 Å². The first-order valence-electron chi connectivity index (χ1n) is 2.78. The Kier molecular flexibility index (Phi) is 4.73. The Morgan fingerprint density at radius 1 is 1.78 bits per heavy atom. The second-order valence-electron chi connectivity index (χ2n) is 1.63. The van der Waals surface area contributed by atoms with E-state index >= 15 is 0 Å². The molecule has 0 aromatic rings. The lowest BCUT2D eigenvalue weighted by Crippen LogP contribution is -1.98. The smallest absolute Gasteiger partial charge is 0.0277 e. The van der Waals surface area contributed by atoms with Crippen LogP contribution < -0.4 is 5.73 Å². The molecule has 0 rings (SSSR count). The molecule has 0 aliphatic heterocycles. The minimum absolute atomic E-state index is 0.508. The third kappa shape index (κ3) is 4.97. The Balaban J connectivity index is 3.57. The molecule has 2 nitrogen and oxygen atoms in total. The van der Waals surface area contributed by atoms with Crippen molar-refractivity contribution >= 4 is 6.21 Å². The molecule has 0 aliphatic carbocycles. The van der Waals surface area contributed by atoms with Crippen LogP contribution in [-0.4, -0.2) is 19.8 Å². The molecular formula is C7H12N2. The van der Waals surface area contributed by atoms with Crippen molar-refractivity contribution in [3.05, 3.63) is 24.3 Å². The number of aliphatic imine (C=N–C) groups is 1. The lowest BCUT2D eigenvalue weighted by Gasteiger charge is -1.87. The Labute approximate surface area is 55.8 Å². The van der Waals surface area contributed by atoms with E-state index in [0.717, 1.165) is 5.57 Å². The summed E-state index contributed by atoms with van der Waals surface area (Å²) in [7, 11) is 1.72. The number of nitrogens with zero attached hydrogens (tertiary/aromatic N) is 1. The first-order chi connectivity index (χ1) is 4.31. The van der Waals surface area contributed by atoms with Gasteiger partial charge in [0.15, 0.2) is 0 Å². The van der Waals surface area contributed by atoms with Crippen molar-refractivity contribution in [1.29, 1.82) is 0 Å². The van der Waals surface area contributed by atoms with Gasteiger partial charge in [0.25, 0.3) is 0 Å².